The summed E-state index contributed by atoms with van der Waals surface area (Å²) in [5, 5.41) is 3.12. The van der Waals surface area contributed by atoms with Crippen molar-refractivity contribution < 1.29 is 4.79 Å². The summed E-state index contributed by atoms with van der Waals surface area (Å²) < 4.78 is 0. The second-order valence-electron chi connectivity index (χ2n) is 7.05. The van der Waals surface area contributed by atoms with E-state index in [0.717, 1.165) is 44.6 Å². The van der Waals surface area contributed by atoms with Crippen LogP contribution in [0.1, 0.15) is 29.5 Å². The van der Waals surface area contributed by atoms with E-state index in [2.05, 4.69) is 40.3 Å². The SMILES string of the molecule is Cc1cccc(CC(=O)NCC2CCN(Cc3cccnc3)CC2)c1. The molecule has 1 saturated heterocycles. The van der Waals surface area contributed by atoms with Gasteiger partial charge in [-0.1, -0.05) is 35.9 Å². The van der Waals surface area contributed by atoms with Crippen LogP contribution >= 0.6 is 0 Å². The van der Waals surface area contributed by atoms with E-state index in [-0.39, 0.29) is 5.91 Å². The standard InChI is InChI=1S/C21H27N3O/c1-17-4-2-5-19(12-17)13-21(25)23-15-18-7-10-24(11-8-18)16-20-6-3-9-22-14-20/h2-6,9,12,14,18H,7-8,10-11,13,15-16H2,1H3,(H,23,25). The normalized spacial score (nSPS) is 15.9. The van der Waals surface area contributed by atoms with Crippen molar-refractivity contribution in [2.75, 3.05) is 19.6 Å². The molecule has 25 heavy (non-hydrogen) atoms. The first-order valence-electron chi connectivity index (χ1n) is 9.12. The zero-order chi connectivity index (χ0) is 17.5. The average Bonchev–Trinajstić information content (AvgIpc) is 2.62. The Balaban J connectivity index is 1.37. The second kappa shape index (κ2) is 8.77. The van der Waals surface area contributed by atoms with E-state index in [0.29, 0.717) is 12.3 Å². The second-order valence-corrected chi connectivity index (χ2v) is 7.05. The molecule has 1 aliphatic heterocycles. The van der Waals surface area contributed by atoms with Crippen LogP contribution in [0.5, 0.6) is 0 Å². The number of nitrogens with zero attached hydrogens (tertiary/aromatic N) is 2. The maximum atomic E-state index is 12.1. The number of nitrogens with one attached hydrogen (secondary N) is 1. The van der Waals surface area contributed by atoms with Crippen molar-refractivity contribution in [3.05, 3.63) is 65.5 Å². The molecule has 4 nitrogen and oxygen atoms in total. The zero-order valence-electron chi connectivity index (χ0n) is 14.9. The Bertz CT molecular complexity index is 679. The van der Waals surface area contributed by atoms with Crippen molar-refractivity contribution in [1.29, 1.82) is 0 Å². The lowest BCUT2D eigenvalue weighted by molar-refractivity contribution is -0.120. The first-order chi connectivity index (χ1) is 12.2. The summed E-state index contributed by atoms with van der Waals surface area (Å²) in [5.74, 6) is 0.718. The van der Waals surface area contributed by atoms with Gasteiger partial charge in [-0.3, -0.25) is 14.7 Å². The highest BCUT2D eigenvalue weighted by atomic mass is 16.1. The van der Waals surface area contributed by atoms with Crippen LogP contribution in [-0.2, 0) is 17.8 Å². The molecule has 1 aromatic carbocycles. The number of amides is 1. The van der Waals surface area contributed by atoms with Gasteiger partial charge in [-0.15, -0.1) is 0 Å². The van der Waals surface area contributed by atoms with Crippen molar-refractivity contribution in [1.82, 2.24) is 15.2 Å². The molecule has 1 aliphatic rings. The minimum atomic E-state index is 0.128. The number of rotatable bonds is 6. The van der Waals surface area contributed by atoms with Crippen LogP contribution in [0.25, 0.3) is 0 Å². The van der Waals surface area contributed by atoms with E-state index in [4.69, 9.17) is 0 Å². The first kappa shape index (κ1) is 17.6. The molecule has 3 rings (SSSR count). The third-order valence-electron chi connectivity index (χ3n) is 4.87. The summed E-state index contributed by atoms with van der Waals surface area (Å²) in [6.07, 6.45) is 6.52. The molecule has 1 fully saturated rings. The van der Waals surface area contributed by atoms with E-state index in [1.807, 2.05) is 30.6 Å². The van der Waals surface area contributed by atoms with Gasteiger partial charge < -0.3 is 5.32 Å². The largest absolute Gasteiger partial charge is 0.356 e. The number of piperidine rings is 1. The van der Waals surface area contributed by atoms with E-state index in [1.165, 1.54) is 11.1 Å². The van der Waals surface area contributed by atoms with Gasteiger partial charge in [0.25, 0.3) is 0 Å². The van der Waals surface area contributed by atoms with Gasteiger partial charge in [0.2, 0.25) is 5.91 Å². The molecule has 4 heteroatoms. The molecule has 2 aromatic rings. The number of carbonyl (C=O) groups is 1. The van der Waals surface area contributed by atoms with Crippen LogP contribution in [-0.4, -0.2) is 35.4 Å². The van der Waals surface area contributed by atoms with Gasteiger partial charge in [0.15, 0.2) is 0 Å². The molecule has 0 bridgehead atoms. The lowest BCUT2D eigenvalue weighted by atomic mass is 9.96. The molecule has 0 radical (unpaired) electrons. The topological polar surface area (TPSA) is 45.2 Å². The van der Waals surface area contributed by atoms with Crippen molar-refractivity contribution in [3.8, 4) is 0 Å². The summed E-state index contributed by atoms with van der Waals surface area (Å²) in [6.45, 7) is 6.01. The van der Waals surface area contributed by atoms with Gasteiger partial charge in [0.05, 0.1) is 6.42 Å². The number of likely N-dealkylation sites (tertiary alicyclic amines) is 1. The van der Waals surface area contributed by atoms with E-state index < -0.39 is 0 Å². The Kier molecular flexibility index (Phi) is 6.18. The molecule has 1 aromatic heterocycles. The fourth-order valence-corrected chi connectivity index (χ4v) is 3.43. The lowest BCUT2D eigenvalue weighted by Gasteiger charge is -2.32. The third-order valence-corrected chi connectivity index (χ3v) is 4.87. The highest BCUT2D eigenvalue weighted by Crippen LogP contribution is 2.18. The summed E-state index contributed by atoms with van der Waals surface area (Å²) >= 11 is 0. The van der Waals surface area contributed by atoms with Gasteiger partial charge in [0.1, 0.15) is 0 Å². The monoisotopic (exact) mass is 337 g/mol. The molecule has 0 atom stereocenters. The quantitative estimate of drug-likeness (QED) is 0.881. The Morgan fingerprint density at radius 2 is 2.00 bits per heavy atom. The lowest BCUT2D eigenvalue weighted by Crippen LogP contribution is -2.38. The third kappa shape index (κ3) is 5.68. The number of pyridine rings is 1. The van der Waals surface area contributed by atoms with E-state index >= 15 is 0 Å². The Hall–Kier alpha value is -2.20. The summed E-state index contributed by atoms with van der Waals surface area (Å²) in [6, 6.07) is 12.3. The fraction of sp³-hybridized carbons (Fsp3) is 0.429. The maximum absolute atomic E-state index is 12.1. The van der Waals surface area contributed by atoms with Crippen LogP contribution < -0.4 is 5.32 Å². The predicted molar refractivity (Wildman–Crippen MR) is 100 cm³/mol. The van der Waals surface area contributed by atoms with Gasteiger partial charge in [-0.2, -0.15) is 0 Å². The maximum Gasteiger partial charge on any atom is 0.224 e. The van der Waals surface area contributed by atoms with Crippen molar-refractivity contribution in [3.63, 3.8) is 0 Å². The van der Waals surface area contributed by atoms with Crippen LogP contribution in [0.3, 0.4) is 0 Å². The number of carbonyl (C=O) groups excluding carboxylic acids is 1. The molecular weight excluding hydrogens is 310 g/mol. The van der Waals surface area contributed by atoms with Crippen LogP contribution in [0.15, 0.2) is 48.8 Å². The summed E-state index contributed by atoms with van der Waals surface area (Å²) in [5.41, 5.74) is 3.56. The number of hydrogen-bond donors (Lipinski definition) is 1. The zero-order valence-corrected chi connectivity index (χ0v) is 14.9. The highest BCUT2D eigenvalue weighted by Gasteiger charge is 2.19. The van der Waals surface area contributed by atoms with Gasteiger partial charge >= 0.3 is 0 Å². The smallest absolute Gasteiger partial charge is 0.224 e. The number of aromatic nitrogens is 1. The van der Waals surface area contributed by atoms with Crippen LogP contribution in [0, 0.1) is 12.8 Å². The van der Waals surface area contributed by atoms with Crippen molar-refractivity contribution in [2.24, 2.45) is 5.92 Å². The van der Waals surface area contributed by atoms with Crippen LogP contribution in [0.4, 0.5) is 0 Å². The molecular formula is C21H27N3O. The van der Waals surface area contributed by atoms with Crippen molar-refractivity contribution >= 4 is 5.91 Å². The fourth-order valence-electron chi connectivity index (χ4n) is 3.43. The Morgan fingerprint density at radius 3 is 2.72 bits per heavy atom. The molecule has 1 amide bonds. The summed E-state index contributed by atoms with van der Waals surface area (Å²) in [7, 11) is 0. The highest BCUT2D eigenvalue weighted by molar-refractivity contribution is 5.78. The molecule has 0 unspecified atom stereocenters. The van der Waals surface area contributed by atoms with Crippen LogP contribution in [0.2, 0.25) is 0 Å². The minimum absolute atomic E-state index is 0.128. The minimum Gasteiger partial charge on any atom is -0.356 e. The average molecular weight is 337 g/mol. The van der Waals surface area contributed by atoms with E-state index in [9.17, 15) is 4.79 Å². The van der Waals surface area contributed by atoms with E-state index in [1.54, 1.807) is 0 Å². The summed E-state index contributed by atoms with van der Waals surface area (Å²) in [4.78, 5) is 18.8. The van der Waals surface area contributed by atoms with Gasteiger partial charge in [-0.25, -0.2) is 0 Å². The number of hydrogen-bond acceptors (Lipinski definition) is 3. The van der Waals surface area contributed by atoms with Crippen molar-refractivity contribution in [2.45, 2.75) is 32.7 Å². The molecule has 132 valence electrons. The Morgan fingerprint density at radius 1 is 1.20 bits per heavy atom. The molecule has 0 spiro atoms. The first-order valence-corrected chi connectivity index (χ1v) is 9.12. The molecule has 0 aliphatic carbocycles. The van der Waals surface area contributed by atoms with Gasteiger partial charge in [-0.05, 0) is 56.0 Å². The number of aryl methyl sites for hydroxylation is 1. The number of benzene rings is 1. The molecule has 0 saturated carbocycles. The molecule has 1 N–H and O–H groups in total. The Labute approximate surface area is 150 Å². The predicted octanol–water partition coefficient (Wildman–Crippen LogP) is 2.96. The van der Waals surface area contributed by atoms with Gasteiger partial charge in [0, 0.05) is 25.5 Å². The molecule has 2 heterocycles.